The van der Waals surface area contributed by atoms with Gasteiger partial charge in [0.15, 0.2) is 0 Å². The molecule has 1 aromatic carbocycles. The van der Waals surface area contributed by atoms with Crippen LogP contribution in [0.1, 0.15) is 38.1 Å². The maximum absolute atomic E-state index is 12.3. The van der Waals surface area contributed by atoms with E-state index in [-0.39, 0.29) is 0 Å². The maximum atomic E-state index is 12.3. The number of thiophene rings is 1. The van der Waals surface area contributed by atoms with Crippen LogP contribution in [0.3, 0.4) is 0 Å². The molecule has 116 valence electrons. The Bertz CT molecular complexity index is 736. The second-order valence-corrected chi connectivity index (χ2v) is 6.77. The van der Waals surface area contributed by atoms with E-state index in [1.807, 2.05) is 13.8 Å². The summed E-state index contributed by atoms with van der Waals surface area (Å²) in [6.45, 7) is 3.83. The number of nitrogens with two attached hydrogens (primary N) is 1. The summed E-state index contributed by atoms with van der Waals surface area (Å²) in [6.07, 6.45) is 0.666. The Balaban J connectivity index is 2.38. The molecule has 0 fully saturated rings. The minimum absolute atomic E-state index is 0.317. The van der Waals surface area contributed by atoms with E-state index >= 15 is 0 Å². The SMILES string of the molecule is CCc1c(C)sc(NC(=O)c2cc(Cl)cc(Cl)c2)c1C(N)=O. The highest BCUT2D eigenvalue weighted by molar-refractivity contribution is 7.16. The molecular formula is C15H14Cl2N2O2S. The Kier molecular flexibility index (Phi) is 5.11. The second kappa shape index (κ2) is 6.69. The van der Waals surface area contributed by atoms with E-state index in [1.165, 1.54) is 23.5 Å². The highest BCUT2D eigenvalue weighted by atomic mass is 35.5. The van der Waals surface area contributed by atoms with E-state index in [0.29, 0.717) is 32.6 Å². The predicted octanol–water partition coefficient (Wildman–Crippen LogP) is 4.28. The number of halogens is 2. The first kappa shape index (κ1) is 16.8. The molecule has 3 N–H and O–H groups in total. The maximum Gasteiger partial charge on any atom is 0.256 e. The van der Waals surface area contributed by atoms with Crippen LogP contribution in [-0.2, 0) is 6.42 Å². The van der Waals surface area contributed by atoms with Crippen molar-refractivity contribution in [3.05, 3.63) is 49.8 Å². The van der Waals surface area contributed by atoms with Gasteiger partial charge in [-0.2, -0.15) is 0 Å². The number of carbonyl (C=O) groups is 2. The van der Waals surface area contributed by atoms with Crippen LogP contribution in [-0.4, -0.2) is 11.8 Å². The van der Waals surface area contributed by atoms with Gasteiger partial charge in [-0.3, -0.25) is 9.59 Å². The summed E-state index contributed by atoms with van der Waals surface area (Å²) in [5.41, 5.74) is 6.98. The van der Waals surface area contributed by atoms with Crippen LogP contribution in [0.25, 0.3) is 0 Å². The number of carbonyl (C=O) groups excluding carboxylic acids is 2. The number of primary amides is 1. The zero-order valence-corrected chi connectivity index (χ0v) is 14.3. The monoisotopic (exact) mass is 356 g/mol. The molecule has 1 heterocycles. The number of hydrogen-bond acceptors (Lipinski definition) is 3. The van der Waals surface area contributed by atoms with E-state index in [9.17, 15) is 9.59 Å². The van der Waals surface area contributed by atoms with Crippen molar-refractivity contribution < 1.29 is 9.59 Å². The molecule has 0 bridgehead atoms. The minimum Gasteiger partial charge on any atom is -0.365 e. The van der Waals surface area contributed by atoms with E-state index in [2.05, 4.69) is 5.32 Å². The lowest BCUT2D eigenvalue weighted by molar-refractivity contribution is 0.100. The third-order valence-electron chi connectivity index (χ3n) is 3.16. The summed E-state index contributed by atoms with van der Waals surface area (Å²) in [7, 11) is 0. The number of nitrogens with one attached hydrogen (secondary N) is 1. The molecule has 0 aliphatic rings. The molecule has 0 aliphatic carbocycles. The normalized spacial score (nSPS) is 10.5. The molecule has 1 aromatic heterocycles. The Morgan fingerprint density at radius 3 is 2.32 bits per heavy atom. The average molecular weight is 357 g/mol. The number of hydrogen-bond donors (Lipinski definition) is 2. The minimum atomic E-state index is -0.555. The number of anilines is 1. The van der Waals surface area contributed by atoms with Gasteiger partial charge in [0, 0.05) is 20.5 Å². The highest BCUT2D eigenvalue weighted by Gasteiger charge is 2.21. The van der Waals surface area contributed by atoms with Crippen LogP contribution < -0.4 is 11.1 Å². The molecule has 4 nitrogen and oxygen atoms in total. The van der Waals surface area contributed by atoms with Crippen LogP contribution in [0.4, 0.5) is 5.00 Å². The van der Waals surface area contributed by atoms with E-state index < -0.39 is 11.8 Å². The molecule has 7 heteroatoms. The van der Waals surface area contributed by atoms with Gasteiger partial charge in [-0.25, -0.2) is 0 Å². The quantitative estimate of drug-likeness (QED) is 0.857. The second-order valence-electron chi connectivity index (χ2n) is 4.67. The topological polar surface area (TPSA) is 72.2 Å². The lowest BCUT2D eigenvalue weighted by Gasteiger charge is -2.06. The van der Waals surface area contributed by atoms with E-state index in [4.69, 9.17) is 28.9 Å². The average Bonchev–Trinajstić information content (AvgIpc) is 2.73. The standard InChI is InChI=1S/C15H14Cl2N2O2S/c1-3-11-7(2)22-15(12(11)13(18)20)19-14(21)8-4-9(16)6-10(17)5-8/h4-6H,3H2,1-2H3,(H2,18,20)(H,19,21). The first-order valence-electron chi connectivity index (χ1n) is 6.53. The molecule has 0 saturated carbocycles. The molecule has 0 atom stereocenters. The fraction of sp³-hybridized carbons (Fsp3) is 0.200. The Labute approximate surface area is 142 Å². The zero-order chi connectivity index (χ0) is 16.4. The van der Waals surface area contributed by atoms with Gasteiger partial charge in [0.2, 0.25) is 0 Å². The molecule has 0 aliphatic heterocycles. The van der Waals surface area contributed by atoms with Gasteiger partial charge in [0.25, 0.3) is 11.8 Å². The number of benzene rings is 1. The molecule has 2 amide bonds. The summed E-state index contributed by atoms with van der Waals surface area (Å²) >= 11 is 13.1. The van der Waals surface area contributed by atoms with Crippen molar-refractivity contribution in [2.24, 2.45) is 5.73 Å². The van der Waals surface area contributed by atoms with E-state index in [0.717, 1.165) is 10.4 Å². The van der Waals surface area contributed by atoms with Crippen molar-refractivity contribution in [1.82, 2.24) is 0 Å². The van der Waals surface area contributed by atoms with Crippen LogP contribution in [0.5, 0.6) is 0 Å². The Hall–Kier alpha value is -1.56. The zero-order valence-electron chi connectivity index (χ0n) is 12.0. The number of aryl methyl sites for hydroxylation is 1. The molecule has 0 unspecified atom stereocenters. The predicted molar refractivity (Wildman–Crippen MR) is 91.4 cm³/mol. The number of rotatable bonds is 4. The first-order chi connectivity index (χ1) is 10.3. The molecule has 2 aromatic rings. The van der Waals surface area contributed by atoms with Gasteiger partial charge < -0.3 is 11.1 Å². The van der Waals surface area contributed by atoms with Crippen molar-refractivity contribution in [3.8, 4) is 0 Å². The van der Waals surface area contributed by atoms with Gasteiger partial charge in [-0.1, -0.05) is 30.1 Å². The molecule has 2 rings (SSSR count). The molecule has 0 radical (unpaired) electrons. The molecule has 0 saturated heterocycles. The van der Waals surface area contributed by atoms with Crippen LogP contribution in [0.15, 0.2) is 18.2 Å². The van der Waals surface area contributed by atoms with Gasteiger partial charge in [0.1, 0.15) is 5.00 Å². The third kappa shape index (κ3) is 3.43. The molecular weight excluding hydrogens is 343 g/mol. The van der Waals surface area contributed by atoms with Gasteiger partial charge in [-0.05, 0) is 37.1 Å². The summed E-state index contributed by atoms with van der Waals surface area (Å²) in [6, 6.07) is 4.56. The lowest BCUT2D eigenvalue weighted by Crippen LogP contribution is -2.18. The smallest absolute Gasteiger partial charge is 0.256 e. The van der Waals surface area contributed by atoms with Crippen molar-refractivity contribution in [3.63, 3.8) is 0 Å². The van der Waals surface area contributed by atoms with Crippen LogP contribution in [0.2, 0.25) is 10.0 Å². The van der Waals surface area contributed by atoms with Gasteiger partial charge in [0.05, 0.1) is 5.56 Å². The Morgan fingerprint density at radius 1 is 1.23 bits per heavy atom. The fourth-order valence-electron chi connectivity index (χ4n) is 2.21. The van der Waals surface area contributed by atoms with Gasteiger partial charge in [-0.15, -0.1) is 11.3 Å². The van der Waals surface area contributed by atoms with Crippen molar-refractivity contribution in [2.75, 3.05) is 5.32 Å². The summed E-state index contributed by atoms with van der Waals surface area (Å²) < 4.78 is 0. The largest absolute Gasteiger partial charge is 0.365 e. The molecule has 22 heavy (non-hydrogen) atoms. The fourth-order valence-corrected chi connectivity index (χ4v) is 3.88. The summed E-state index contributed by atoms with van der Waals surface area (Å²) in [5.74, 6) is -0.948. The van der Waals surface area contributed by atoms with Crippen LogP contribution >= 0.6 is 34.5 Å². The summed E-state index contributed by atoms with van der Waals surface area (Å²) in [4.78, 5) is 25.0. The number of amides is 2. The molecule has 0 spiro atoms. The first-order valence-corrected chi connectivity index (χ1v) is 8.10. The van der Waals surface area contributed by atoms with Gasteiger partial charge >= 0.3 is 0 Å². The lowest BCUT2D eigenvalue weighted by atomic mass is 10.1. The van der Waals surface area contributed by atoms with Crippen molar-refractivity contribution in [1.29, 1.82) is 0 Å². The van der Waals surface area contributed by atoms with Crippen molar-refractivity contribution in [2.45, 2.75) is 20.3 Å². The van der Waals surface area contributed by atoms with Crippen molar-refractivity contribution >= 4 is 51.4 Å². The summed E-state index contributed by atoms with van der Waals surface area (Å²) in [5, 5.41) is 3.90. The van der Waals surface area contributed by atoms with Crippen LogP contribution in [0, 0.1) is 6.92 Å². The third-order valence-corrected chi connectivity index (χ3v) is 4.66. The van der Waals surface area contributed by atoms with E-state index in [1.54, 1.807) is 6.07 Å². The Morgan fingerprint density at radius 2 is 1.82 bits per heavy atom. The highest BCUT2D eigenvalue weighted by Crippen LogP contribution is 2.33.